The number of hydrogen-bond donors (Lipinski definition) is 0. The summed E-state index contributed by atoms with van der Waals surface area (Å²) in [6.07, 6.45) is 2.38. The highest BCUT2D eigenvalue weighted by atomic mass is 16.6. The first-order chi connectivity index (χ1) is 18.0. The second-order valence-electron chi connectivity index (χ2n) is 8.27. The Balaban J connectivity index is 2.22. The first kappa shape index (κ1) is 29.8. The van der Waals surface area contributed by atoms with Crippen molar-refractivity contribution in [2.45, 2.75) is 33.1 Å². The van der Waals surface area contributed by atoms with Gasteiger partial charge in [-0.3, -0.25) is 24.0 Å². The molecule has 0 aliphatic carbocycles. The Morgan fingerprint density at radius 2 is 1.34 bits per heavy atom. The summed E-state index contributed by atoms with van der Waals surface area (Å²) in [7, 11) is 3.91. The Morgan fingerprint density at radius 3 is 1.87 bits per heavy atom. The average molecular weight is 527 g/mol. The van der Waals surface area contributed by atoms with Gasteiger partial charge in [-0.2, -0.15) is 0 Å². The van der Waals surface area contributed by atoms with Gasteiger partial charge in [0.05, 0.1) is 21.3 Å². The summed E-state index contributed by atoms with van der Waals surface area (Å²) in [6, 6.07) is 9.44. The van der Waals surface area contributed by atoms with Crippen molar-refractivity contribution in [3.8, 4) is 23.0 Å². The summed E-state index contributed by atoms with van der Waals surface area (Å²) in [4.78, 5) is 60.9. The topological polar surface area (TPSA) is 132 Å². The average Bonchev–Trinajstić information content (AvgIpc) is 2.87. The third-order valence-corrected chi connectivity index (χ3v) is 5.44. The van der Waals surface area contributed by atoms with Crippen LogP contribution in [0.3, 0.4) is 0 Å². The van der Waals surface area contributed by atoms with Gasteiger partial charge in [-0.25, -0.2) is 0 Å². The van der Waals surface area contributed by atoms with Crippen molar-refractivity contribution in [3.05, 3.63) is 53.6 Å². The molecular weight excluding hydrogens is 496 g/mol. The number of esters is 3. The van der Waals surface area contributed by atoms with E-state index in [9.17, 15) is 24.0 Å². The second-order valence-corrected chi connectivity index (χ2v) is 8.27. The van der Waals surface area contributed by atoms with Crippen LogP contribution in [-0.2, 0) is 28.7 Å². The Kier molecular flexibility index (Phi) is 10.8. The van der Waals surface area contributed by atoms with Crippen molar-refractivity contribution >= 4 is 35.6 Å². The van der Waals surface area contributed by atoms with Crippen LogP contribution in [0.15, 0.2) is 42.5 Å². The normalized spacial score (nSPS) is 12.3. The number of ether oxygens (including phenoxy) is 5. The van der Waals surface area contributed by atoms with E-state index in [0.717, 1.165) is 13.2 Å². The minimum absolute atomic E-state index is 0.139. The molecule has 0 radical (unpaired) electrons. The summed E-state index contributed by atoms with van der Waals surface area (Å²) in [5, 5.41) is 0. The summed E-state index contributed by atoms with van der Waals surface area (Å²) >= 11 is 0. The van der Waals surface area contributed by atoms with Crippen molar-refractivity contribution < 1.29 is 47.7 Å². The number of benzene rings is 2. The molecule has 0 saturated carbocycles. The molecule has 0 spiro atoms. The van der Waals surface area contributed by atoms with Crippen LogP contribution in [0.1, 0.15) is 44.2 Å². The summed E-state index contributed by atoms with van der Waals surface area (Å²) in [6.45, 7) is 4.27. The van der Waals surface area contributed by atoms with Crippen molar-refractivity contribution in [1.82, 2.24) is 0 Å². The van der Waals surface area contributed by atoms with E-state index in [1.54, 1.807) is 31.2 Å². The maximum absolute atomic E-state index is 13.1. The zero-order valence-corrected chi connectivity index (χ0v) is 22.1. The largest absolute Gasteiger partial charge is 0.493 e. The highest BCUT2D eigenvalue weighted by molar-refractivity contribution is 6.21. The van der Waals surface area contributed by atoms with Gasteiger partial charge in [0, 0.05) is 20.3 Å². The fourth-order valence-electron chi connectivity index (χ4n) is 3.59. The highest BCUT2D eigenvalue weighted by Crippen LogP contribution is 2.33. The monoisotopic (exact) mass is 526 g/mol. The van der Waals surface area contributed by atoms with Crippen LogP contribution < -0.4 is 18.9 Å². The van der Waals surface area contributed by atoms with E-state index in [0.29, 0.717) is 16.9 Å². The van der Waals surface area contributed by atoms with Crippen LogP contribution in [-0.4, -0.2) is 50.8 Å². The predicted molar refractivity (Wildman–Crippen MR) is 136 cm³/mol. The molecule has 0 aromatic heterocycles. The molecule has 0 aliphatic rings. The molecule has 0 heterocycles. The number of allylic oxidation sites excluding steroid dienone is 1. The van der Waals surface area contributed by atoms with Crippen molar-refractivity contribution in [2.24, 2.45) is 5.92 Å². The Labute approximate surface area is 220 Å². The lowest BCUT2D eigenvalue weighted by Gasteiger charge is -2.17. The lowest BCUT2D eigenvalue weighted by atomic mass is 9.88. The minimum Gasteiger partial charge on any atom is -0.493 e. The number of methoxy groups -OCH3 is 3. The van der Waals surface area contributed by atoms with Crippen molar-refractivity contribution in [1.29, 1.82) is 0 Å². The molecule has 0 aliphatic heterocycles. The lowest BCUT2D eigenvalue weighted by molar-refractivity contribution is -0.152. The lowest BCUT2D eigenvalue weighted by Crippen LogP contribution is -2.32. The minimum atomic E-state index is -1.65. The van der Waals surface area contributed by atoms with Gasteiger partial charge in [0.15, 0.2) is 40.5 Å². The SMILES string of the molecule is COC(=O)C(C(=O)C=Cc1ccc(OC(C)=O)c(OC)c1)C(=O)CC(C)c1ccc(OC(C)=O)c(OC)c1. The molecule has 2 unspecified atom stereocenters. The van der Waals surface area contributed by atoms with Gasteiger partial charge in [-0.05, 0) is 47.4 Å². The van der Waals surface area contributed by atoms with Crippen LogP contribution in [0.5, 0.6) is 23.0 Å². The van der Waals surface area contributed by atoms with Gasteiger partial charge in [0.2, 0.25) is 0 Å². The maximum atomic E-state index is 13.1. The van der Waals surface area contributed by atoms with E-state index < -0.39 is 41.3 Å². The van der Waals surface area contributed by atoms with E-state index in [2.05, 4.69) is 0 Å². The number of Topliss-reactive ketones (excluding diaryl/α,β-unsaturated/α-hetero) is 1. The van der Waals surface area contributed by atoms with Gasteiger partial charge in [-0.15, -0.1) is 0 Å². The fraction of sp³-hybridized carbons (Fsp3) is 0.321. The molecule has 38 heavy (non-hydrogen) atoms. The molecule has 2 rings (SSSR count). The summed E-state index contributed by atoms with van der Waals surface area (Å²) < 4.78 is 25.3. The maximum Gasteiger partial charge on any atom is 0.324 e. The number of rotatable bonds is 12. The third-order valence-electron chi connectivity index (χ3n) is 5.44. The van der Waals surface area contributed by atoms with Crippen molar-refractivity contribution in [3.63, 3.8) is 0 Å². The van der Waals surface area contributed by atoms with Crippen LogP contribution >= 0.6 is 0 Å². The number of ketones is 2. The quantitative estimate of drug-likeness (QED) is 0.175. The van der Waals surface area contributed by atoms with E-state index in [-0.39, 0.29) is 23.7 Å². The molecule has 10 heteroatoms. The van der Waals surface area contributed by atoms with Gasteiger partial charge < -0.3 is 23.7 Å². The second kappa shape index (κ2) is 13.7. The van der Waals surface area contributed by atoms with Crippen molar-refractivity contribution in [2.75, 3.05) is 21.3 Å². The van der Waals surface area contributed by atoms with E-state index in [4.69, 9.17) is 23.7 Å². The molecule has 0 amide bonds. The summed E-state index contributed by atoms with van der Waals surface area (Å²) in [5.74, 6) is -4.42. The molecular formula is C28H30O10. The van der Waals surface area contributed by atoms with Crippen LogP contribution in [0.25, 0.3) is 6.08 Å². The van der Waals surface area contributed by atoms with Gasteiger partial charge in [0.1, 0.15) is 0 Å². The summed E-state index contributed by atoms with van der Waals surface area (Å²) in [5.41, 5.74) is 1.19. The Bertz CT molecular complexity index is 1240. The molecule has 10 nitrogen and oxygen atoms in total. The molecule has 0 bridgehead atoms. The molecule has 0 saturated heterocycles. The smallest absolute Gasteiger partial charge is 0.324 e. The van der Waals surface area contributed by atoms with Crippen LogP contribution in [0, 0.1) is 5.92 Å². The number of carbonyl (C=O) groups excluding carboxylic acids is 5. The highest BCUT2D eigenvalue weighted by Gasteiger charge is 2.34. The Hall–Kier alpha value is -4.47. The predicted octanol–water partition coefficient (Wildman–Crippen LogP) is 3.69. The molecule has 0 fully saturated rings. The molecule has 0 N–H and O–H groups in total. The first-order valence-corrected chi connectivity index (χ1v) is 11.6. The molecule has 2 aromatic rings. The van der Waals surface area contributed by atoms with Gasteiger partial charge in [-0.1, -0.05) is 25.1 Å². The van der Waals surface area contributed by atoms with Gasteiger partial charge in [0.25, 0.3) is 0 Å². The van der Waals surface area contributed by atoms with E-state index >= 15 is 0 Å². The van der Waals surface area contributed by atoms with Crippen LogP contribution in [0.2, 0.25) is 0 Å². The standard InChI is InChI=1S/C28H30O10/c1-16(20-9-12-24(38-18(3)30)26(15-20)35-5)13-22(32)27(28(33)36-6)21(31)10-7-19-8-11-23(37-17(2)29)25(14-19)34-4/h7-12,14-16,27H,13H2,1-6H3. The number of hydrogen-bond acceptors (Lipinski definition) is 10. The number of carbonyl (C=O) groups is 5. The third kappa shape index (κ3) is 8.02. The fourth-order valence-corrected chi connectivity index (χ4v) is 3.59. The van der Waals surface area contributed by atoms with E-state index in [1.807, 2.05) is 0 Å². The van der Waals surface area contributed by atoms with Crippen LogP contribution in [0.4, 0.5) is 0 Å². The molecule has 2 atom stereocenters. The van der Waals surface area contributed by atoms with Gasteiger partial charge >= 0.3 is 17.9 Å². The molecule has 2 aromatic carbocycles. The Morgan fingerprint density at radius 1 is 0.789 bits per heavy atom. The first-order valence-electron chi connectivity index (χ1n) is 11.6. The zero-order valence-electron chi connectivity index (χ0n) is 22.1. The molecule has 202 valence electrons. The zero-order chi connectivity index (χ0) is 28.4. The van der Waals surface area contributed by atoms with E-state index in [1.165, 1.54) is 46.3 Å².